The van der Waals surface area contributed by atoms with Gasteiger partial charge in [-0.2, -0.15) is 10.1 Å². The number of aliphatic imine (C=N–C) groups is 1. The molecule has 0 aliphatic carbocycles. The molecule has 3 aromatic rings. The van der Waals surface area contributed by atoms with Crippen molar-refractivity contribution < 1.29 is 14.3 Å². The predicted octanol–water partition coefficient (Wildman–Crippen LogP) is 5.83. The maximum atomic E-state index is 12.8. The lowest BCUT2D eigenvalue weighted by atomic mass is 9.98. The summed E-state index contributed by atoms with van der Waals surface area (Å²) in [6, 6.07) is 22.7. The number of amides is 2. The molecule has 9 heteroatoms. The fraction of sp³-hybridized carbons (Fsp3) is 0.214. The maximum Gasteiger partial charge on any atom is 0.262 e. The van der Waals surface area contributed by atoms with Crippen LogP contribution in [0.1, 0.15) is 35.6 Å². The number of carbonyl (C=O) groups is 2. The summed E-state index contributed by atoms with van der Waals surface area (Å²) in [5.41, 5.74) is 4.77. The minimum Gasteiger partial charge on any atom is -0.497 e. The normalized spacial score (nSPS) is 19.0. The van der Waals surface area contributed by atoms with Crippen molar-refractivity contribution in [2.75, 3.05) is 12.4 Å². The number of methoxy groups -OCH3 is 1. The minimum absolute atomic E-state index is 0.0104. The van der Waals surface area contributed by atoms with Gasteiger partial charge in [-0.25, -0.2) is 5.01 Å². The first-order valence-electron chi connectivity index (χ1n) is 11.8. The van der Waals surface area contributed by atoms with Crippen molar-refractivity contribution in [2.45, 2.75) is 31.1 Å². The number of nitrogens with zero attached hydrogens (tertiary/aromatic N) is 3. The van der Waals surface area contributed by atoms with Gasteiger partial charge in [0, 0.05) is 23.6 Å². The molecule has 0 radical (unpaired) electrons. The zero-order chi connectivity index (χ0) is 25.9. The van der Waals surface area contributed by atoms with E-state index in [1.807, 2.05) is 36.2 Å². The second-order valence-corrected chi connectivity index (χ2v) is 10.5. The third-order valence-corrected chi connectivity index (χ3v) is 7.61. The van der Waals surface area contributed by atoms with Crippen molar-refractivity contribution in [2.24, 2.45) is 10.1 Å². The first-order chi connectivity index (χ1) is 17.9. The molecule has 1 N–H and O–H groups in total. The third kappa shape index (κ3) is 5.70. The van der Waals surface area contributed by atoms with Crippen molar-refractivity contribution in [1.29, 1.82) is 0 Å². The van der Waals surface area contributed by atoms with Crippen LogP contribution in [0.3, 0.4) is 0 Å². The van der Waals surface area contributed by atoms with Crippen LogP contribution < -0.4 is 10.1 Å². The van der Waals surface area contributed by atoms with E-state index in [0.29, 0.717) is 28.0 Å². The van der Waals surface area contributed by atoms with Gasteiger partial charge in [-0.3, -0.25) is 9.59 Å². The molecule has 2 atom stereocenters. The molecule has 0 saturated heterocycles. The zero-order valence-corrected chi connectivity index (χ0v) is 21.9. The molecular weight excluding hydrogens is 508 g/mol. The van der Waals surface area contributed by atoms with Gasteiger partial charge in [0.25, 0.3) is 5.91 Å². The molecule has 37 heavy (non-hydrogen) atoms. The summed E-state index contributed by atoms with van der Waals surface area (Å²) in [6.45, 7) is 2.05. The average Bonchev–Trinajstić information content (AvgIpc) is 3.49. The predicted molar refractivity (Wildman–Crippen MR) is 148 cm³/mol. The standard InChI is InChI=1S/C28H25ClN4O3S/c1-17-3-5-18(6-4-17)23-15-24(19-7-9-20(29)10-8-19)33(32-23)28-31-27(35)25(37-28)16-26(34)30-21-11-13-22(36-2)14-12-21/h3-14,24-25H,15-16H2,1-2H3,(H,30,34)/t24-,25-/m0/s1. The van der Waals surface area contributed by atoms with Crippen molar-refractivity contribution in [3.8, 4) is 5.75 Å². The number of halogens is 1. The molecule has 7 nitrogen and oxygen atoms in total. The number of hydrazone groups is 1. The number of nitrogens with one attached hydrogen (secondary N) is 1. The topological polar surface area (TPSA) is 83.4 Å². The molecule has 2 amide bonds. The van der Waals surface area contributed by atoms with Crippen molar-refractivity contribution in [3.63, 3.8) is 0 Å². The van der Waals surface area contributed by atoms with Gasteiger partial charge < -0.3 is 10.1 Å². The monoisotopic (exact) mass is 532 g/mol. The van der Waals surface area contributed by atoms with E-state index in [9.17, 15) is 9.59 Å². The molecule has 188 valence electrons. The third-order valence-electron chi connectivity index (χ3n) is 6.22. The lowest BCUT2D eigenvalue weighted by Crippen LogP contribution is -2.25. The molecule has 0 saturated carbocycles. The SMILES string of the molecule is COc1ccc(NC(=O)C[C@@H]2SC(N3N=C(c4ccc(C)cc4)C[C@H]3c3ccc(Cl)cc3)=NC2=O)cc1. The largest absolute Gasteiger partial charge is 0.497 e. The second-order valence-electron chi connectivity index (χ2n) is 8.85. The van der Waals surface area contributed by atoms with E-state index in [2.05, 4.69) is 34.6 Å². The van der Waals surface area contributed by atoms with E-state index in [4.69, 9.17) is 21.4 Å². The first-order valence-corrected chi connectivity index (χ1v) is 13.1. The van der Waals surface area contributed by atoms with Crippen LogP contribution in [-0.2, 0) is 9.59 Å². The molecule has 3 aromatic carbocycles. The number of amidine groups is 1. The van der Waals surface area contributed by atoms with Crippen LogP contribution in [0.5, 0.6) is 5.75 Å². The molecule has 5 rings (SSSR count). The van der Waals surface area contributed by atoms with E-state index in [0.717, 1.165) is 16.8 Å². The van der Waals surface area contributed by atoms with Gasteiger partial charge in [0.15, 0.2) is 5.17 Å². The highest BCUT2D eigenvalue weighted by Crippen LogP contribution is 2.39. The van der Waals surface area contributed by atoms with Gasteiger partial charge in [0.1, 0.15) is 11.0 Å². The zero-order valence-electron chi connectivity index (χ0n) is 20.3. The number of hydrogen-bond donors (Lipinski definition) is 1. The van der Waals surface area contributed by atoms with Gasteiger partial charge in [0.05, 0.1) is 18.9 Å². The van der Waals surface area contributed by atoms with Crippen molar-refractivity contribution >= 4 is 51.7 Å². The Kier molecular flexibility index (Phi) is 7.30. The number of rotatable bonds is 6. The number of hydrogen-bond acceptors (Lipinski definition) is 6. The highest BCUT2D eigenvalue weighted by molar-refractivity contribution is 8.15. The van der Waals surface area contributed by atoms with Gasteiger partial charge in [0.2, 0.25) is 5.91 Å². The fourth-order valence-electron chi connectivity index (χ4n) is 4.21. The van der Waals surface area contributed by atoms with Crippen molar-refractivity contribution in [3.05, 3.63) is 94.5 Å². The van der Waals surface area contributed by atoms with E-state index < -0.39 is 5.25 Å². The van der Waals surface area contributed by atoms with Crippen LogP contribution in [-0.4, -0.2) is 40.1 Å². The lowest BCUT2D eigenvalue weighted by Gasteiger charge is -2.23. The summed E-state index contributed by atoms with van der Waals surface area (Å²) >= 11 is 7.40. The van der Waals surface area contributed by atoms with E-state index >= 15 is 0 Å². The summed E-state index contributed by atoms with van der Waals surface area (Å²) in [7, 11) is 1.58. The van der Waals surface area contributed by atoms with Crippen LogP contribution in [0.25, 0.3) is 0 Å². The van der Waals surface area contributed by atoms with Gasteiger partial charge in [-0.05, 0) is 54.4 Å². The minimum atomic E-state index is -0.613. The summed E-state index contributed by atoms with van der Waals surface area (Å²) in [5.74, 6) is 0.106. The number of ether oxygens (including phenoxy) is 1. The Morgan fingerprint density at radius 2 is 1.78 bits per heavy atom. The van der Waals surface area contributed by atoms with Crippen LogP contribution in [0, 0.1) is 6.92 Å². The second kappa shape index (κ2) is 10.8. The number of carbonyl (C=O) groups excluding carboxylic acids is 2. The molecule has 0 bridgehead atoms. The summed E-state index contributed by atoms with van der Waals surface area (Å²) < 4.78 is 5.15. The molecule has 2 aliphatic rings. The molecule has 2 aliphatic heterocycles. The quantitative estimate of drug-likeness (QED) is 0.431. The average molecular weight is 533 g/mol. The Labute approximate surface area is 224 Å². The smallest absolute Gasteiger partial charge is 0.262 e. The first kappa shape index (κ1) is 25.0. The van der Waals surface area contributed by atoms with Gasteiger partial charge in [-0.1, -0.05) is 65.3 Å². The summed E-state index contributed by atoms with van der Waals surface area (Å²) in [5, 5.41) is 10.1. The van der Waals surface area contributed by atoms with Gasteiger partial charge in [-0.15, -0.1) is 0 Å². The highest BCUT2D eigenvalue weighted by Gasteiger charge is 2.39. The van der Waals surface area contributed by atoms with E-state index in [-0.39, 0.29) is 24.3 Å². The molecule has 0 spiro atoms. The van der Waals surface area contributed by atoms with Crippen LogP contribution in [0.4, 0.5) is 5.69 Å². The molecular formula is C28H25ClN4O3S. The van der Waals surface area contributed by atoms with E-state index in [1.54, 1.807) is 31.4 Å². The fourth-order valence-corrected chi connectivity index (χ4v) is 5.40. The Hall–Kier alpha value is -3.62. The Bertz CT molecular complexity index is 1370. The van der Waals surface area contributed by atoms with Crippen LogP contribution >= 0.6 is 23.4 Å². The summed E-state index contributed by atoms with van der Waals surface area (Å²) in [4.78, 5) is 29.8. The molecule has 0 unspecified atom stereocenters. The maximum absolute atomic E-state index is 12.8. The van der Waals surface area contributed by atoms with Crippen LogP contribution in [0.2, 0.25) is 5.02 Å². The molecule has 0 fully saturated rings. The van der Waals surface area contributed by atoms with Crippen LogP contribution in [0.15, 0.2) is 82.9 Å². The number of anilines is 1. The Balaban J connectivity index is 1.33. The Morgan fingerprint density at radius 1 is 1.08 bits per heavy atom. The number of aryl methyl sites for hydroxylation is 1. The van der Waals surface area contributed by atoms with E-state index in [1.165, 1.54) is 17.3 Å². The van der Waals surface area contributed by atoms with Crippen molar-refractivity contribution in [1.82, 2.24) is 5.01 Å². The molecule has 0 aromatic heterocycles. The Morgan fingerprint density at radius 3 is 2.46 bits per heavy atom. The number of benzene rings is 3. The lowest BCUT2D eigenvalue weighted by molar-refractivity contribution is -0.121. The van der Waals surface area contributed by atoms with Gasteiger partial charge >= 0.3 is 0 Å². The highest BCUT2D eigenvalue weighted by atomic mass is 35.5. The summed E-state index contributed by atoms with van der Waals surface area (Å²) in [6.07, 6.45) is 0.664. The molecule has 2 heterocycles. The number of thioether (sulfide) groups is 1.